The van der Waals surface area contributed by atoms with Crippen molar-refractivity contribution in [3.05, 3.63) is 75.5 Å². The van der Waals surface area contributed by atoms with Crippen LogP contribution in [0.3, 0.4) is 0 Å². The summed E-state index contributed by atoms with van der Waals surface area (Å²) in [6.07, 6.45) is -0.611. The van der Waals surface area contributed by atoms with E-state index >= 15 is 0 Å². The summed E-state index contributed by atoms with van der Waals surface area (Å²) >= 11 is 3.39. The smallest absolute Gasteiger partial charge is 0.412 e. The van der Waals surface area contributed by atoms with Crippen LogP contribution >= 0.6 is 15.9 Å². The normalized spacial score (nSPS) is 10.6. The second kappa shape index (κ2) is 6.88. The van der Waals surface area contributed by atoms with E-state index < -0.39 is 6.09 Å². The molecule has 1 heterocycles. The Labute approximate surface area is 147 Å². The molecule has 1 aromatic heterocycles. The van der Waals surface area contributed by atoms with Gasteiger partial charge in [-0.25, -0.2) is 4.79 Å². The van der Waals surface area contributed by atoms with Crippen LogP contribution in [0.15, 0.2) is 59.1 Å². The van der Waals surface area contributed by atoms with E-state index in [2.05, 4.69) is 21.2 Å². The first-order chi connectivity index (χ1) is 11.5. The van der Waals surface area contributed by atoms with Gasteiger partial charge in [-0.15, -0.1) is 0 Å². The maximum atomic E-state index is 12.3. The fourth-order valence-corrected chi connectivity index (χ4v) is 2.87. The van der Waals surface area contributed by atoms with Crippen LogP contribution in [0.4, 0.5) is 10.5 Å². The van der Waals surface area contributed by atoms with Crippen LogP contribution in [-0.2, 0) is 11.3 Å². The van der Waals surface area contributed by atoms with Crippen molar-refractivity contribution in [3.63, 3.8) is 0 Å². The molecule has 0 aliphatic carbocycles. The summed E-state index contributed by atoms with van der Waals surface area (Å²) in [5.41, 5.74) is 2.23. The van der Waals surface area contributed by atoms with Crippen LogP contribution in [0.5, 0.6) is 0 Å². The van der Waals surface area contributed by atoms with Crippen LogP contribution in [0.25, 0.3) is 10.9 Å². The Balaban J connectivity index is 1.84. The first-order valence-corrected chi connectivity index (χ1v) is 8.14. The number of ether oxygens (including phenoxy) is 1. The lowest BCUT2D eigenvalue weighted by Crippen LogP contribution is -2.32. The summed E-state index contributed by atoms with van der Waals surface area (Å²) in [6.45, 7) is 1.88. The molecule has 3 aromatic rings. The number of anilines is 1. The molecule has 24 heavy (non-hydrogen) atoms. The van der Waals surface area contributed by atoms with Gasteiger partial charge < -0.3 is 9.94 Å². The summed E-state index contributed by atoms with van der Waals surface area (Å²) in [4.78, 5) is 12.1. The molecule has 6 heteroatoms. The van der Waals surface area contributed by atoms with Crippen molar-refractivity contribution in [2.24, 2.45) is 0 Å². The molecule has 0 fully saturated rings. The van der Waals surface area contributed by atoms with Crippen molar-refractivity contribution in [3.8, 4) is 0 Å². The number of aryl methyl sites for hydroxylation is 1. The third-order valence-corrected chi connectivity index (χ3v) is 4.04. The number of benzene rings is 2. The first kappa shape index (κ1) is 16.3. The number of fused-ring (bicyclic) bond motifs is 1. The SMILES string of the molecule is Cc1ccc2cc(Br)cc(NC(=O)OCc3ccccc3)c2[n+]1[O-]. The van der Waals surface area contributed by atoms with Crippen LogP contribution in [0, 0.1) is 12.1 Å². The molecule has 0 spiro atoms. The number of nitrogens with zero attached hydrogens (tertiary/aromatic N) is 1. The van der Waals surface area contributed by atoms with Gasteiger partial charge in [0.25, 0.3) is 0 Å². The number of halogens is 1. The Morgan fingerprint density at radius 1 is 1.21 bits per heavy atom. The number of carbonyl (C=O) groups is 1. The quantitative estimate of drug-likeness (QED) is 0.539. The molecule has 0 radical (unpaired) electrons. The Morgan fingerprint density at radius 2 is 1.96 bits per heavy atom. The highest BCUT2D eigenvalue weighted by Gasteiger charge is 2.16. The Hall–Kier alpha value is -2.60. The van der Waals surface area contributed by atoms with E-state index in [1.807, 2.05) is 42.5 Å². The van der Waals surface area contributed by atoms with E-state index in [0.717, 1.165) is 20.2 Å². The lowest BCUT2D eigenvalue weighted by Gasteiger charge is -2.11. The van der Waals surface area contributed by atoms with Gasteiger partial charge in [0.05, 0.1) is 5.39 Å². The number of hydrogen-bond acceptors (Lipinski definition) is 3. The lowest BCUT2D eigenvalue weighted by atomic mass is 10.1. The fraction of sp³-hybridized carbons (Fsp3) is 0.111. The van der Waals surface area contributed by atoms with Crippen molar-refractivity contribution in [2.45, 2.75) is 13.5 Å². The highest BCUT2D eigenvalue weighted by molar-refractivity contribution is 9.10. The van der Waals surface area contributed by atoms with Crippen LogP contribution in [-0.4, -0.2) is 6.09 Å². The number of pyridine rings is 1. The number of rotatable bonds is 3. The van der Waals surface area contributed by atoms with Crippen molar-refractivity contribution in [2.75, 3.05) is 5.32 Å². The van der Waals surface area contributed by atoms with Gasteiger partial charge in [-0.2, -0.15) is 4.73 Å². The zero-order valence-electron chi connectivity index (χ0n) is 13.0. The Bertz CT molecular complexity index is 898. The molecule has 0 atom stereocenters. The largest absolute Gasteiger partial charge is 0.618 e. The second-order valence-electron chi connectivity index (χ2n) is 5.35. The lowest BCUT2D eigenvalue weighted by molar-refractivity contribution is -0.583. The molecule has 3 rings (SSSR count). The van der Waals surface area contributed by atoms with Gasteiger partial charge in [-0.1, -0.05) is 46.3 Å². The maximum Gasteiger partial charge on any atom is 0.412 e. The average molecular weight is 387 g/mol. The molecule has 1 N–H and O–H groups in total. The number of nitrogens with one attached hydrogen (secondary N) is 1. The molecule has 0 saturated carbocycles. The molecule has 0 bridgehead atoms. The highest BCUT2D eigenvalue weighted by atomic mass is 79.9. The van der Waals surface area contributed by atoms with E-state index in [4.69, 9.17) is 4.74 Å². The van der Waals surface area contributed by atoms with Gasteiger partial charge in [-0.3, -0.25) is 5.32 Å². The van der Waals surface area contributed by atoms with E-state index in [1.165, 1.54) is 0 Å². The van der Waals surface area contributed by atoms with Gasteiger partial charge in [-0.05, 0) is 23.8 Å². The molecule has 1 amide bonds. The van der Waals surface area contributed by atoms with Gasteiger partial charge in [0, 0.05) is 17.5 Å². The first-order valence-electron chi connectivity index (χ1n) is 7.35. The van der Waals surface area contributed by atoms with Crippen molar-refractivity contribution < 1.29 is 14.3 Å². The zero-order chi connectivity index (χ0) is 17.1. The molecule has 0 saturated heterocycles. The van der Waals surface area contributed by atoms with Gasteiger partial charge in [0.1, 0.15) is 12.3 Å². The maximum absolute atomic E-state index is 12.3. The van der Waals surface area contributed by atoms with E-state index in [0.29, 0.717) is 16.9 Å². The summed E-state index contributed by atoms with van der Waals surface area (Å²) in [5.74, 6) is 0. The van der Waals surface area contributed by atoms with Crippen molar-refractivity contribution in [1.29, 1.82) is 0 Å². The van der Waals surface area contributed by atoms with E-state index in [-0.39, 0.29) is 6.61 Å². The van der Waals surface area contributed by atoms with Gasteiger partial charge >= 0.3 is 6.09 Å². The molecule has 0 aliphatic rings. The fourth-order valence-electron chi connectivity index (χ4n) is 2.39. The minimum Gasteiger partial charge on any atom is -0.618 e. The predicted molar refractivity (Wildman–Crippen MR) is 95.6 cm³/mol. The summed E-state index contributed by atoms with van der Waals surface area (Å²) in [5, 5.41) is 15.7. The highest BCUT2D eigenvalue weighted by Crippen LogP contribution is 2.26. The molecule has 0 unspecified atom stereocenters. The molecular weight excluding hydrogens is 372 g/mol. The number of aromatic nitrogens is 1. The van der Waals surface area contributed by atoms with Crippen LogP contribution in [0.2, 0.25) is 0 Å². The standard InChI is InChI=1S/C18H15BrN2O3/c1-12-7-8-14-9-15(19)10-16(17(14)21(12)23)20-18(22)24-11-13-5-3-2-4-6-13/h2-10H,11H2,1H3,(H,20,22). The summed E-state index contributed by atoms with van der Waals surface area (Å²) in [6, 6.07) is 16.5. The summed E-state index contributed by atoms with van der Waals surface area (Å²) < 4.78 is 6.78. The monoisotopic (exact) mass is 386 g/mol. The number of carbonyl (C=O) groups excluding carboxylic acids is 1. The van der Waals surface area contributed by atoms with Crippen molar-refractivity contribution >= 4 is 38.6 Å². The van der Waals surface area contributed by atoms with E-state index in [9.17, 15) is 10.0 Å². The zero-order valence-corrected chi connectivity index (χ0v) is 14.5. The third-order valence-electron chi connectivity index (χ3n) is 3.58. The van der Waals surface area contributed by atoms with E-state index in [1.54, 1.807) is 19.1 Å². The third kappa shape index (κ3) is 3.49. The number of amides is 1. The van der Waals surface area contributed by atoms with Gasteiger partial charge in [0.15, 0.2) is 5.69 Å². The second-order valence-corrected chi connectivity index (χ2v) is 6.26. The molecular formula is C18H15BrN2O3. The molecule has 122 valence electrons. The molecule has 2 aromatic carbocycles. The minimum absolute atomic E-state index is 0.162. The Kier molecular flexibility index (Phi) is 4.66. The van der Waals surface area contributed by atoms with Crippen LogP contribution in [0.1, 0.15) is 11.3 Å². The predicted octanol–water partition coefficient (Wildman–Crippen LogP) is 4.29. The topological polar surface area (TPSA) is 65.3 Å². The Morgan fingerprint density at radius 3 is 2.71 bits per heavy atom. The molecule has 0 aliphatic heterocycles. The van der Waals surface area contributed by atoms with Crippen LogP contribution < -0.4 is 10.0 Å². The summed E-state index contributed by atoms with van der Waals surface area (Å²) in [7, 11) is 0. The minimum atomic E-state index is -0.611. The number of hydrogen-bond donors (Lipinski definition) is 1. The van der Waals surface area contributed by atoms with Gasteiger partial charge in [0.2, 0.25) is 5.52 Å². The van der Waals surface area contributed by atoms with Crippen molar-refractivity contribution in [1.82, 2.24) is 0 Å². The molecule has 5 nitrogen and oxygen atoms in total. The average Bonchev–Trinajstić information content (AvgIpc) is 2.57.